The van der Waals surface area contributed by atoms with Gasteiger partial charge in [0.1, 0.15) is 11.6 Å². The minimum atomic E-state index is -0.0858. The summed E-state index contributed by atoms with van der Waals surface area (Å²) in [6.45, 7) is 1.26. The molecule has 31 heavy (non-hydrogen) atoms. The molecule has 4 rings (SSSR count). The number of pyridine rings is 1. The summed E-state index contributed by atoms with van der Waals surface area (Å²) >= 11 is 3.34. The van der Waals surface area contributed by atoms with E-state index in [-0.39, 0.29) is 23.7 Å². The maximum absolute atomic E-state index is 13.0. The Labute approximate surface area is 191 Å². The second kappa shape index (κ2) is 9.81. The maximum Gasteiger partial charge on any atom is 0.228 e. The van der Waals surface area contributed by atoms with Crippen LogP contribution in [0.3, 0.4) is 0 Å². The van der Waals surface area contributed by atoms with Crippen molar-refractivity contribution in [3.63, 3.8) is 0 Å². The summed E-state index contributed by atoms with van der Waals surface area (Å²) in [7, 11) is 1.69. The van der Waals surface area contributed by atoms with Crippen LogP contribution in [0, 0.1) is 5.92 Å². The highest BCUT2D eigenvalue weighted by molar-refractivity contribution is 9.10. The Morgan fingerprint density at radius 1 is 1.19 bits per heavy atom. The molecule has 164 valence electrons. The number of aromatic nitrogens is 1. The number of carbonyl (C=O) groups excluding carboxylic acids is 2. The van der Waals surface area contributed by atoms with Gasteiger partial charge in [0.15, 0.2) is 0 Å². The van der Waals surface area contributed by atoms with Crippen LogP contribution in [0.1, 0.15) is 49.1 Å². The number of amides is 2. The van der Waals surface area contributed by atoms with Crippen molar-refractivity contribution in [1.29, 1.82) is 0 Å². The highest BCUT2D eigenvalue weighted by Gasteiger charge is 2.30. The number of likely N-dealkylation sites (tertiary alicyclic amines) is 1. The number of nitrogens with zero attached hydrogens (tertiary/aromatic N) is 2. The summed E-state index contributed by atoms with van der Waals surface area (Å²) in [6, 6.07) is 9.85. The highest BCUT2D eigenvalue weighted by atomic mass is 79.9. The molecular formula is C24H28BrN3O3. The summed E-state index contributed by atoms with van der Waals surface area (Å²) in [6.07, 6.45) is 6.77. The molecule has 1 unspecified atom stereocenters. The van der Waals surface area contributed by atoms with Gasteiger partial charge in [-0.25, -0.2) is 4.98 Å². The Hall–Kier alpha value is -2.41. The SMILES string of the molecule is COc1ccc2c(c1)CCCC2CC(=O)N1CCC(C(=O)Nc2ccc(Br)cn2)CC1. The Morgan fingerprint density at radius 2 is 2.00 bits per heavy atom. The van der Waals surface area contributed by atoms with Crippen molar-refractivity contribution in [3.8, 4) is 5.75 Å². The summed E-state index contributed by atoms with van der Waals surface area (Å²) in [4.78, 5) is 31.7. The van der Waals surface area contributed by atoms with Crippen LogP contribution in [0.2, 0.25) is 0 Å². The minimum absolute atomic E-state index is 0.0166. The van der Waals surface area contributed by atoms with Gasteiger partial charge >= 0.3 is 0 Å². The monoisotopic (exact) mass is 485 g/mol. The van der Waals surface area contributed by atoms with Gasteiger partial charge in [-0.2, -0.15) is 0 Å². The quantitative estimate of drug-likeness (QED) is 0.674. The summed E-state index contributed by atoms with van der Waals surface area (Å²) in [5.41, 5.74) is 2.59. The van der Waals surface area contributed by atoms with Crippen LogP contribution in [-0.4, -0.2) is 41.9 Å². The lowest BCUT2D eigenvalue weighted by molar-refractivity contribution is -0.135. The summed E-state index contributed by atoms with van der Waals surface area (Å²) < 4.78 is 6.22. The van der Waals surface area contributed by atoms with Crippen LogP contribution in [0.15, 0.2) is 41.0 Å². The third-order valence-corrected chi connectivity index (χ3v) is 6.88. The number of benzene rings is 1. The number of nitrogens with one attached hydrogen (secondary N) is 1. The lowest BCUT2D eigenvalue weighted by atomic mass is 9.80. The van der Waals surface area contributed by atoms with E-state index < -0.39 is 0 Å². The first-order chi connectivity index (χ1) is 15.0. The first-order valence-electron chi connectivity index (χ1n) is 10.9. The zero-order chi connectivity index (χ0) is 21.8. The van der Waals surface area contributed by atoms with Crippen LogP contribution < -0.4 is 10.1 Å². The molecule has 1 N–H and O–H groups in total. The van der Waals surface area contributed by atoms with Crippen molar-refractivity contribution in [1.82, 2.24) is 9.88 Å². The summed E-state index contributed by atoms with van der Waals surface area (Å²) in [5.74, 6) is 1.80. The van der Waals surface area contributed by atoms with Crippen molar-refractivity contribution in [3.05, 3.63) is 52.1 Å². The van der Waals surface area contributed by atoms with Gasteiger partial charge in [-0.1, -0.05) is 6.07 Å². The number of hydrogen-bond acceptors (Lipinski definition) is 4. The van der Waals surface area contributed by atoms with Crippen LogP contribution in [0.4, 0.5) is 5.82 Å². The number of hydrogen-bond donors (Lipinski definition) is 1. The molecule has 2 heterocycles. The molecule has 0 spiro atoms. The van der Waals surface area contributed by atoms with Crippen molar-refractivity contribution in [2.24, 2.45) is 5.92 Å². The van der Waals surface area contributed by atoms with Crippen LogP contribution in [0.25, 0.3) is 0 Å². The average molecular weight is 486 g/mol. The Bertz CT molecular complexity index is 940. The van der Waals surface area contributed by atoms with Crippen molar-refractivity contribution < 1.29 is 14.3 Å². The molecule has 0 radical (unpaired) electrons. The van der Waals surface area contributed by atoms with E-state index >= 15 is 0 Å². The van der Waals surface area contributed by atoms with Gasteiger partial charge in [0.05, 0.1) is 7.11 Å². The van der Waals surface area contributed by atoms with Gasteiger partial charge in [-0.15, -0.1) is 0 Å². The number of halogens is 1. The van der Waals surface area contributed by atoms with E-state index in [9.17, 15) is 9.59 Å². The van der Waals surface area contributed by atoms with Gasteiger partial charge in [-0.05, 0) is 89.3 Å². The van der Waals surface area contributed by atoms with Crippen LogP contribution >= 0.6 is 15.9 Å². The Kier molecular flexibility index (Phi) is 6.90. The second-order valence-electron chi connectivity index (χ2n) is 8.36. The zero-order valence-corrected chi connectivity index (χ0v) is 19.4. The predicted octanol–water partition coefficient (Wildman–Crippen LogP) is 4.54. The molecule has 2 amide bonds. The molecule has 6 nitrogen and oxygen atoms in total. The molecule has 2 aromatic rings. The molecule has 2 aliphatic rings. The van der Waals surface area contributed by atoms with Crippen molar-refractivity contribution in [2.45, 2.75) is 44.4 Å². The fourth-order valence-electron chi connectivity index (χ4n) is 4.64. The molecular weight excluding hydrogens is 458 g/mol. The first-order valence-corrected chi connectivity index (χ1v) is 11.7. The van der Waals surface area contributed by atoms with E-state index in [4.69, 9.17) is 4.74 Å². The maximum atomic E-state index is 13.0. The van der Waals surface area contributed by atoms with E-state index in [0.29, 0.717) is 38.2 Å². The number of carbonyl (C=O) groups is 2. The molecule has 1 saturated heterocycles. The van der Waals surface area contributed by atoms with E-state index in [1.54, 1.807) is 19.4 Å². The molecule has 0 saturated carbocycles. The van der Waals surface area contributed by atoms with E-state index in [2.05, 4.69) is 38.4 Å². The van der Waals surface area contributed by atoms with Gasteiger partial charge in [0, 0.05) is 36.1 Å². The normalized spacial score (nSPS) is 18.9. The van der Waals surface area contributed by atoms with Gasteiger partial charge < -0.3 is 15.0 Å². The fraction of sp³-hybridized carbons (Fsp3) is 0.458. The number of fused-ring (bicyclic) bond motifs is 1. The molecule has 1 fully saturated rings. The molecule has 1 aromatic heterocycles. The highest BCUT2D eigenvalue weighted by Crippen LogP contribution is 2.36. The number of ether oxygens (including phenoxy) is 1. The van der Waals surface area contributed by atoms with Gasteiger partial charge in [0.2, 0.25) is 11.8 Å². The Balaban J connectivity index is 1.30. The molecule has 1 atom stereocenters. The zero-order valence-electron chi connectivity index (χ0n) is 17.8. The van der Waals surface area contributed by atoms with E-state index in [1.165, 1.54) is 11.1 Å². The third-order valence-electron chi connectivity index (χ3n) is 6.41. The Morgan fingerprint density at radius 3 is 2.71 bits per heavy atom. The standard InChI is InChI=1S/C24H28BrN3O3/c1-31-20-6-7-21-17(13-20)3-2-4-18(21)14-23(29)28-11-9-16(10-12-28)24(30)27-22-8-5-19(25)15-26-22/h5-8,13,15-16,18H,2-4,9-12,14H2,1H3,(H,26,27,30). The van der Waals surface area contributed by atoms with Gasteiger partial charge in [0.25, 0.3) is 0 Å². The van der Waals surface area contributed by atoms with Crippen molar-refractivity contribution >= 4 is 33.6 Å². The lowest BCUT2D eigenvalue weighted by Gasteiger charge is -2.33. The predicted molar refractivity (Wildman–Crippen MR) is 123 cm³/mol. The average Bonchev–Trinajstić information content (AvgIpc) is 2.80. The van der Waals surface area contributed by atoms with Crippen LogP contribution in [0.5, 0.6) is 5.75 Å². The fourth-order valence-corrected chi connectivity index (χ4v) is 4.87. The third kappa shape index (κ3) is 5.26. The van der Waals surface area contributed by atoms with Crippen LogP contribution in [-0.2, 0) is 16.0 Å². The molecule has 1 aromatic carbocycles. The molecule has 0 bridgehead atoms. The minimum Gasteiger partial charge on any atom is -0.497 e. The topological polar surface area (TPSA) is 71.5 Å². The summed E-state index contributed by atoms with van der Waals surface area (Å²) in [5, 5.41) is 2.88. The first kappa shape index (κ1) is 21.8. The largest absolute Gasteiger partial charge is 0.497 e. The number of rotatable bonds is 5. The van der Waals surface area contributed by atoms with E-state index in [0.717, 1.165) is 29.5 Å². The lowest BCUT2D eigenvalue weighted by Crippen LogP contribution is -2.42. The molecule has 1 aliphatic carbocycles. The molecule has 1 aliphatic heterocycles. The second-order valence-corrected chi connectivity index (χ2v) is 9.28. The molecule has 7 heteroatoms. The smallest absolute Gasteiger partial charge is 0.228 e. The number of piperidine rings is 1. The number of anilines is 1. The number of aryl methyl sites for hydroxylation is 1. The van der Waals surface area contributed by atoms with E-state index in [1.807, 2.05) is 17.0 Å². The van der Waals surface area contributed by atoms with Gasteiger partial charge in [-0.3, -0.25) is 9.59 Å². The van der Waals surface area contributed by atoms with Crippen molar-refractivity contribution in [2.75, 3.05) is 25.5 Å². The number of methoxy groups -OCH3 is 1.